The fourth-order valence-electron chi connectivity index (χ4n) is 3.31. The maximum absolute atomic E-state index is 12.3. The van der Waals surface area contributed by atoms with Gasteiger partial charge in [0.15, 0.2) is 0 Å². The minimum atomic E-state index is -0.612. The molecule has 0 amide bonds. The molecule has 5 nitrogen and oxygen atoms in total. The molecule has 2 rings (SSSR count). The molecule has 1 N–H and O–H groups in total. The molecule has 0 saturated carbocycles. The summed E-state index contributed by atoms with van der Waals surface area (Å²) in [6.45, 7) is 11.4. The molecule has 0 spiro atoms. The molecule has 1 aliphatic carbocycles. The van der Waals surface area contributed by atoms with E-state index in [2.05, 4.69) is 6.58 Å². The number of rotatable bonds is 3. The van der Waals surface area contributed by atoms with Crippen molar-refractivity contribution < 1.29 is 24.2 Å². The summed E-state index contributed by atoms with van der Waals surface area (Å²) in [6.07, 6.45) is 3.53. The zero-order valence-electron chi connectivity index (χ0n) is 15.5. The Morgan fingerprint density at radius 3 is 2.64 bits per heavy atom. The van der Waals surface area contributed by atoms with Crippen molar-refractivity contribution in [1.82, 2.24) is 0 Å². The van der Waals surface area contributed by atoms with E-state index >= 15 is 0 Å². The largest absolute Gasteiger partial charge is 0.461 e. The van der Waals surface area contributed by atoms with Gasteiger partial charge < -0.3 is 14.6 Å². The van der Waals surface area contributed by atoms with Crippen LogP contribution in [0.15, 0.2) is 35.5 Å². The van der Waals surface area contributed by atoms with E-state index in [0.717, 1.165) is 11.1 Å². The van der Waals surface area contributed by atoms with Crippen LogP contribution >= 0.6 is 0 Å². The van der Waals surface area contributed by atoms with Gasteiger partial charge in [-0.1, -0.05) is 37.6 Å². The molecule has 0 radical (unpaired) electrons. The minimum Gasteiger partial charge on any atom is -0.461 e. The predicted molar refractivity (Wildman–Crippen MR) is 94.6 cm³/mol. The lowest BCUT2D eigenvalue weighted by molar-refractivity contribution is -0.156. The summed E-state index contributed by atoms with van der Waals surface area (Å²) in [6, 6.07) is 0. The van der Waals surface area contributed by atoms with Gasteiger partial charge in [0, 0.05) is 12.0 Å². The molecule has 1 aliphatic heterocycles. The van der Waals surface area contributed by atoms with E-state index < -0.39 is 30.2 Å². The zero-order chi connectivity index (χ0) is 18.7. The smallest absolute Gasteiger partial charge is 0.334 e. The zero-order valence-corrected chi connectivity index (χ0v) is 15.5. The first-order chi connectivity index (χ1) is 11.7. The number of esters is 2. The van der Waals surface area contributed by atoms with Crippen LogP contribution in [-0.4, -0.2) is 35.4 Å². The Kier molecular flexibility index (Phi) is 6.22. The van der Waals surface area contributed by atoms with Crippen molar-refractivity contribution in [1.29, 1.82) is 0 Å². The van der Waals surface area contributed by atoms with Crippen molar-refractivity contribution in [3.05, 3.63) is 35.5 Å². The molecule has 0 aromatic rings. The lowest BCUT2D eigenvalue weighted by Gasteiger charge is -2.28. The highest BCUT2D eigenvalue weighted by molar-refractivity contribution is 5.91. The first-order valence-corrected chi connectivity index (χ1v) is 8.85. The molecule has 0 unspecified atom stereocenters. The van der Waals surface area contributed by atoms with Crippen molar-refractivity contribution in [2.24, 2.45) is 11.8 Å². The number of aliphatic hydroxyl groups is 1. The van der Waals surface area contributed by atoms with E-state index in [-0.39, 0.29) is 11.9 Å². The molecule has 0 bridgehead atoms. The van der Waals surface area contributed by atoms with Crippen LogP contribution in [-0.2, 0) is 19.1 Å². The third-order valence-corrected chi connectivity index (χ3v) is 4.92. The first-order valence-electron chi connectivity index (χ1n) is 8.85. The summed E-state index contributed by atoms with van der Waals surface area (Å²) in [5.41, 5.74) is 2.17. The average Bonchev–Trinajstić information content (AvgIpc) is 2.78. The summed E-state index contributed by atoms with van der Waals surface area (Å²) >= 11 is 0. The van der Waals surface area contributed by atoms with Crippen LogP contribution in [0.2, 0.25) is 0 Å². The molecule has 2 aliphatic rings. The van der Waals surface area contributed by atoms with Crippen molar-refractivity contribution in [2.75, 3.05) is 0 Å². The molecule has 138 valence electrons. The van der Waals surface area contributed by atoms with Gasteiger partial charge in [-0.2, -0.15) is 0 Å². The Morgan fingerprint density at radius 1 is 1.36 bits per heavy atom. The van der Waals surface area contributed by atoms with E-state index in [1.54, 1.807) is 6.08 Å². The molecule has 1 saturated heterocycles. The molecular weight excluding hydrogens is 320 g/mol. The van der Waals surface area contributed by atoms with Gasteiger partial charge in [0.2, 0.25) is 0 Å². The molecule has 5 atom stereocenters. The average molecular weight is 348 g/mol. The van der Waals surface area contributed by atoms with Crippen molar-refractivity contribution in [3.8, 4) is 0 Å². The third kappa shape index (κ3) is 4.60. The second-order valence-corrected chi connectivity index (χ2v) is 7.21. The Labute approximate surface area is 149 Å². The van der Waals surface area contributed by atoms with Crippen LogP contribution in [0.4, 0.5) is 0 Å². The summed E-state index contributed by atoms with van der Waals surface area (Å²) in [5.74, 6) is -1.36. The minimum absolute atomic E-state index is 0.215. The van der Waals surface area contributed by atoms with Gasteiger partial charge in [0.1, 0.15) is 12.2 Å². The Bertz CT molecular complexity index is 616. The van der Waals surface area contributed by atoms with Gasteiger partial charge in [-0.25, -0.2) is 4.79 Å². The summed E-state index contributed by atoms with van der Waals surface area (Å²) < 4.78 is 11.2. The maximum atomic E-state index is 12.3. The highest BCUT2D eigenvalue weighted by atomic mass is 16.6. The summed E-state index contributed by atoms with van der Waals surface area (Å²) in [4.78, 5) is 24.4. The fourth-order valence-corrected chi connectivity index (χ4v) is 3.31. The van der Waals surface area contributed by atoms with Gasteiger partial charge in [-0.05, 0) is 32.8 Å². The van der Waals surface area contributed by atoms with Crippen molar-refractivity contribution >= 4 is 11.9 Å². The third-order valence-electron chi connectivity index (χ3n) is 4.92. The van der Waals surface area contributed by atoms with E-state index in [4.69, 9.17) is 9.47 Å². The van der Waals surface area contributed by atoms with Gasteiger partial charge in [-0.3, -0.25) is 4.79 Å². The number of hydrogen-bond acceptors (Lipinski definition) is 5. The lowest BCUT2D eigenvalue weighted by atomic mass is 9.85. The second-order valence-electron chi connectivity index (χ2n) is 7.21. The summed E-state index contributed by atoms with van der Waals surface area (Å²) in [7, 11) is 0. The molecule has 0 aromatic heterocycles. The van der Waals surface area contributed by atoms with Crippen LogP contribution in [0.25, 0.3) is 0 Å². The molecule has 1 fully saturated rings. The Hall–Kier alpha value is -1.88. The maximum Gasteiger partial charge on any atom is 0.334 e. The summed E-state index contributed by atoms with van der Waals surface area (Å²) in [5, 5.41) is 10.2. The van der Waals surface area contributed by atoms with Gasteiger partial charge in [-0.15, -0.1) is 0 Å². The van der Waals surface area contributed by atoms with Crippen LogP contribution in [0, 0.1) is 11.8 Å². The SMILES string of the molecule is C=C1C(=O)O[C@@H]2/C=C(\C)C[C@H](O)C=C(C)C[C@@H](OC(=O)[C@H](C)CC)[C@@H]12. The van der Waals surface area contributed by atoms with Crippen LogP contribution in [0.3, 0.4) is 0 Å². The quantitative estimate of drug-likeness (QED) is 0.482. The topological polar surface area (TPSA) is 72.8 Å². The Balaban J connectivity index is 2.39. The highest BCUT2D eigenvalue weighted by Gasteiger charge is 2.44. The number of ether oxygens (including phenoxy) is 2. The second kappa shape index (κ2) is 8.00. The highest BCUT2D eigenvalue weighted by Crippen LogP contribution is 2.36. The van der Waals surface area contributed by atoms with Gasteiger partial charge >= 0.3 is 11.9 Å². The number of hydrogen-bond donors (Lipinski definition) is 1. The number of aliphatic hydroxyl groups excluding tert-OH is 1. The molecule has 0 aromatic carbocycles. The van der Waals surface area contributed by atoms with Crippen LogP contribution in [0.5, 0.6) is 0 Å². The number of carbonyl (C=O) groups excluding carboxylic acids is 2. The number of fused-ring (bicyclic) bond motifs is 1. The van der Waals surface area contributed by atoms with Crippen molar-refractivity contribution in [2.45, 2.75) is 65.3 Å². The van der Waals surface area contributed by atoms with Crippen molar-refractivity contribution in [3.63, 3.8) is 0 Å². The normalized spacial score (nSPS) is 33.5. The first kappa shape index (κ1) is 19.4. The molecule has 25 heavy (non-hydrogen) atoms. The molecular formula is C20H28O5. The molecule has 1 heterocycles. The van der Waals surface area contributed by atoms with E-state index in [0.29, 0.717) is 24.8 Å². The van der Waals surface area contributed by atoms with E-state index in [1.165, 1.54) is 0 Å². The van der Waals surface area contributed by atoms with Gasteiger partial charge in [0.25, 0.3) is 0 Å². The van der Waals surface area contributed by atoms with E-state index in [1.807, 2.05) is 33.8 Å². The monoisotopic (exact) mass is 348 g/mol. The van der Waals surface area contributed by atoms with Crippen LogP contribution in [0.1, 0.15) is 47.0 Å². The fraction of sp³-hybridized carbons (Fsp3) is 0.600. The van der Waals surface area contributed by atoms with Crippen LogP contribution < -0.4 is 0 Å². The molecule has 5 heteroatoms. The van der Waals surface area contributed by atoms with Gasteiger partial charge in [0.05, 0.1) is 17.9 Å². The Morgan fingerprint density at radius 2 is 2.00 bits per heavy atom. The lowest BCUT2D eigenvalue weighted by Crippen LogP contribution is -2.35. The van der Waals surface area contributed by atoms with E-state index in [9.17, 15) is 14.7 Å². The number of carbonyl (C=O) groups is 2. The predicted octanol–water partition coefficient (Wildman–Crippen LogP) is 3.09. The standard InChI is InChI=1S/C20H28O5/c1-6-13(4)19(22)24-16-9-11(2)7-15(21)8-12(3)10-17-18(16)14(5)20(23)25-17/h7,10,13,15-18,21H,5-6,8-9H2,1-4H3/b11-7?,12-10+/t13-,15-,16-,17-,18-/m1/s1.